The zero-order valence-electron chi connectivity index (χ0n) is 13.5. The number of hydrogen-bond donors (Lipinski definition) is 2. The van der Waals surface area contributed by atoms with Crippen LogP contribution < -0.4 is 15.5 Å². The maximum absolute atomic E-state index is 14.5. The summed E-state index contributed by atoms with van der Waals surface area (Å²) in [5.74, 6) is -3.27. The molecule has 1 saturated heterocycles. The van der Waals surface area contributed by atoms with E-state index in [-0.39, 0.29) is 24.4 Å². The predicted octanol–water partition coefficient (Wildman–Crippen LogP) is 2.04. The van der Waals surface area contributed by atoms with Crippen molar-refractivity contribution in [2.75, 3.05) is 18.0 Å². The number of nitrogens with zero attached hydrogens (tertiary/aromatic N) is 1. The molecule has 0 radical (unpaired) electrons. The Morgan fingerprint density at radius 3 is 2.54 bits per heavy atom. The molecule has 0 aromatic heterocycles. The Balaban J connectivity index is 2.23. The van der Waals surface area contributed by atoms with Gasteiger partial charge in [-0.25, -0.2) is 8.78 Å². The van der Waals surface area contributed by atoms with Crippen molar-refractivity contribution in [3.63, 3.8) is 0 Å². The van der Waals surface area contributed by atoms with Crippen LogP contribution in [0.15, 0.2) is 24.9 Å². The molecule has 2 rings (SSSR count). The summed E-state index contributed by atoms with van der Waals surface area (Å²) >= 11 is 0. The number of anilines is 1. The van der Waals surface area contributed by atoms with Gasteiger partial charge in [0.2, 0.25) is 12.3 Å². The van der Waals surface area contributed by atoms with E-state index >= 15 is 0 Å². The highest BCUT2D eigenvalue weighted by molar-refractivity contribution is 5.91. The monoisotopic (exact) mass is 337 g/mol. The van der Waals surface area contributed by atoms with Crippen LogP contribution in [0, 0.1) is 11.6 Å². The molecule has 0 bridgehead atoms. The normalized spacial score (nSPS) is 15.4. The van der Waals surface area contributed by atoms with Crippen LogP contribution in [0.5, 0.6) is 0 Å². The van der Waals surface area contributed by atoms with Gasteiger partial charge < -0.3 is 10.2 Å². The Labute approximate surface area is 139 Å². The van der Waals surface area contributed by atoms with Gasteiger partial charge >= 0.3 is 0 Å². The first kappa shape index (κ1) is 17.9. The first-order chi connectivity index (χ1) is 11.5. The van der Waals surface area contributed by atoms with E-state index in [0.717, 1.165) is 0 Å². The van der Waals surface area contributed by atoms with Gasteiger partial charge in [-0.1, -0.05) is 19.9 Å². The molecule has 1 aromatic rings. The van der Waals surface area contributed by atoms with Gasteiger partial charge in [0.1, 0.15) is 11.6 Å². The predicted molar refractivity (Wildman–Crippen MR) is 87.5 cm³/mol. The van der Waals surface area contributed by atoms with Crippen molar-refractivity contribution in [1.82, 2.24) is 10.6 Å². The van der Waals surface area contributed by atoms with Gasteiger partial charge in [0, 0.05) is 24.3 Å². The van der Waals surface area contributed by atoms with Crippen molar-refractivity contribution >= 4 is 18.0 Å². The first-order valence-corrected chi connectivity index (χ1v) is 7.86. The van der Waals surface area contributed by atoms with Crippen LogP contribution in [0.3, 0.4) is 0 Å². The van der Waals surface area contributed by atoms with Gasteiger partial charge in [-0.3, -0.25) is 14.9 Å². The van der Waals surface area contributed by atoms with Crippen molar-refractivity contribution in [3.05, 3.63) is 42.1 Å². The number of carbonyl (C=O) groups is 2. The van der Waals surface area contributed by atoms with Gasteiger partial charge in [0.05, 0.1) is 12.0 Å². The van der Waals surface area contributed by atoms with Gasteiger partial charge in [0.15, 0.2) is 0 Å². The molecule has 0 saturated carbocycles. The van der Waals surface area contributed by atoms with Crippen molar-refractivity contribution in [2.45, 2.75) is 31.7 Å². The van der Waals surface area contributed by atoms with Crippen LogP contribution in [-0.2, 0) is 9.59 Å². The minimum Gasteiger partial charge on any atom is -0.385 e. The molecule has 1 heterocycles. The fourth-order valence-corrected chi connectivity index (χ4v) is 2.90. The van der Waals surface area contributed by atoms with Crippen molar-refractivity contribution in [1.29, 1.82) is 0 Å². The minimum absolute atomic E-state index is 0.208. The van der Waals surface area contributed by atoms with E-state index < -0.39 is 23.5 Å². The maximum Gasteiger partial charge on any atom is 0.234 e. The van der Waals surface area contributed by atoms with Gasteiger partial charge in [0.25, 0.3) is 0 Å². The maximum atomic E-state index is 14.5. The molecule has 7 heteroatoms. The highest BCUT2D eigenvalue weighted by atomic mass is 19.1. The van der Waals surface area contributed by atoms with Gasteiger partial charge in [-0.05, 0) is 24.8 Å². The zero-order valence-corrected chi connectivity index (χ0v) is 13.5. The second kappa shape index (κ2) is 7.90. The van der Waals surface area contributed by atoms with Crippen molar-refractivity contribution in [3.8, 4) is 0 Å². The number of imide groups is 1. The lowest BCUT2D eigenvalue weighted by Crippen LogP contribution is -2.56. The molecule has 1 aromatic carbocycles. The second-order valence-corrected chi connectivity index (χ2v) is 5.76. The summed E-state index contributed by atoms with van der Waals surface area (Å²) in [7, 11) is 0. The second-order valence-electron chi connectivity index (χ2n) is 5.76. The fourth-order valence-electron chi connectivity index (χ4n) is 2.90. The largest absolute Gasteiger partial charge is 0.385 e. The average molecular weight is 337 g/mol. The molecular formula is C17H21F2N3O2. The molecule has 1 atom stereocenters. The molecule has 0 spiro atoms. The lowest BCUT2D eigenvalue weighted by Gasteiger charge is -2.41. The average Bonchev–Trinajstić information content (AvgIpc) is 2.49. The smallest absolute Gasteiger partial charge is 0.234 e. The summed E-state index contributed by atoms with van der Waals surface area (Å²) in [6, 6.07) is 2.68. The molecule has 1 fully saturated rings. The minimum atomic E-state index is -1.03. The van der Waals surface area contributed by atoms with Crippen molar-refractivity contribution < 1.29 is 18.4 Å². The lowest BCUT2D eigenvalue weighted by atomic mass is 9.92. The standard InChI is InChI=1S/C17H21F2N3O2/c1-3-5-13(17(24)21-10-23)16-14(18)6-12(7-15(16)19)22-8-11(9-22)20-4-2/h4,6-7,10-11,13,20H,2-3,5,8-9H2,1H3,(H,21,23,24). The van der Waals surface area contributed by atoms with Crippen LogP contribution in [-0.4, -0.2) is 31.4 Å². The molecule has 1 aliphatic rings. The summed E-state index contributed by atoms with van der Waals surface area (Å²) in [6.45, 7) is 6.62. The lowest BCUT2D eigenvalue weighted by molar-refractivity contribution is -0.126. The number of hydrogen-bond acceptors (Lipinski definition) is 4. The van der Waals surface area contributed by atoms with E-state index in [1.54, 1.807) is 13.1 Å². The number of benzene rings is 1. The zero-order chi connectivity index (χ0) is 17.7. The summed E-state index contributed by atoms with van der Waals surface area (Å²) in [6.07, 6.45) is 2.62. The van der Waals surface area contributed by atoms with E-state index in [1.807, 2.05) is 10.2 Å². The number of carbonyl (C=O) groups excluding carboxylic acids is 2. The third kappa shape index (κ3) is 3.72. The summed E-state index contributed by atoms with van der Waals surface area (Å²) < 4.78 is 29.0. The summed E-state index contributed by atoms with van der Waals surface area (Å²) in [5.41, 5.74) is 0.142. The Bertz CT molecular complexity index is 607. The first-order valence-electron chi connectivity index (χ1n) is 7.86. The van der Waals surface area contributed by atoms with Crippen LogP contribution in [0.2, 0.25) is 0 Å². The summed E-state index contributed by atoms with van der Waals surface area (Å²) in [5, 5.41) is 5.02. The van der Waals surface area contributed by atoms with Gasteiger partial charge in [-0.15, -0.1) is 0 Å². The van der Waals surface area contributed by atoms with Gasteiger partial charge in [-0.2, -0.15) is 0 Å². The van der Waals surface area contributed by atoms with E-state index in [2.05, 4.69) is 11.9 Å². The van der Waals surface area contributed by atoms with Crippen molar-refractivity contribution in [2.24, 2.45) is 0 Å². The number of halogens is 2. The third-order valence-corrected chi connectivity index (χ3v) is 4.11. The number of nitrogens with one attached hydrogen (secondary N) is 2. The molecule has 130 valence electrons. The molecule has 1 aliphatic heterocycles. The van der Waals surface area contributed by atoms with E-state index in [0.29, 0.717) is 25.2 Å². The highest BCUT2D eigenvalue weighted by Gasteiger charge is 2.30. The number of amides is 2. The Kier molecular flexibility index (Phi) is 5.89. The highest BCUT2D eigenvalue weighted by Crippen LogP contribution is 2.32. The van der Waals surface area contributed by atoms with Crippen LogP contribution in [0.4, 0.5) is 14.5 Å². The molecule has 2 amide bonds. The van der Waals surface area contributed by atoms with Crippen LogP contribution in [0.25, 0.3) is 0 Å². The molecule has 1 unspecified atom stereocenters. The fraction of sp³-hybridized carbons (Fsp3) is 0.412. The summed E-state index contributed by atoms with van der Waals surface area (Å²) in [4.78, 5) is 24.2. The quantitative estimate of drug-likeness (QED) is 0.713. The topological polar surface area (TPSA) is 61.4 Å². The molecule has 2 N–H and O–H groups in total. The Hall–Kier alpha value is -2.44. The molecule has 0 aliphatic carbocycles. The number of rotatable bonds is 8. The van der Waals surface area contributed by atoms with E-state index in [9.17, 15) is 18.4 Å². The SMILES string of the molecule is C=CNC1CN(c2cc(F)c(C(CCC)C(=O)NC=O)c(F)c2)C1. The Morgan fingerprint density at radius 2 is 2.04 bits per heavy atom. The van der Waals surface area contributed by atoms with E-state index in [1.165, 1.54) is 12.1 Å². The third-order valence-electron chi connectivity index (χ3n) is 4.11. The van der Waals surface area contributed by atoms with E-state index in [4.69, 9.17) is 0 Å². The van der Waals surface area contributed by atoms with Crippen LogP contribution >= 0.6 is 0 Å². The molecular weight excluding hydrogens is 316 g/mol. The molecule has 24 heavy (non-hydrogen) atoms. The molecule has 5 nitrogen and oxygen atoms in total. The Morgan fingerprint density at radius 1 is 1.42 bits per heavy atom. The van der Waals surface area contributed by atoms with Crippen LogP contribution in [0.1, 0.15) is 31.2 Å².